The Bertz CT molecular complexity index is 2440. The van der Waals surface area contributed by atoms with E-state index in [0.717, 1.165) is 42.5 Å². The molecule has 0 bridgehead atoms. The van der Waals surface area contributed by atoms with Crippen molar-refractivity contribution in [3.05, 3.63) is 172 Å². The molecule has 0 radical (unpaired) electrons. The molecule has 8 nitrogen and oxygen atoms in total. The van der Waals surface area contributed by atoms with E-state index in [-0.39, 0.29) is 47.5 Å². The van der Waals surface area contributed by atoms with Crippen molar-refractivity contribution >= 4 is 116 Å². The van der Waals surface area contributed by atoms with Gasteiger partial charge in [0.15, 0.2) is 0 Å². The number of carboxylic acid groups (broad SMARTS) is 2. The Morgan fingerprint density at radius 3 is 1.10 bits per heavy atom. The topological polar surface area (TPSA) is 133 Å². The lowest BCUT2D eigenvalue weighted by molar-refractivity contribution is 0.0683. The molecule has 58 heavy (non-hydrogen) atoms. The number of anilines is 2. The third kappa shape index (κ3) is 9.99. The Balaban J connectivity index is 0.000000221. The predicted octanol–water partition coefficient (Wildman–Crippen LogP) is 13.6. The molecular weight excluding hydrogens is 910 g/mol. The third-order valence-electron chi connectivity index (χ3n) is 8.00. The van der Waals surface area contributed by atoms with Crippen LogP contribution in [0.2, 0.25) is 35.2 Å². The van der Waals surface area contributed by atoms with Crippen LogP contribution in [0, 0.1) is 17.5 Å². The Morgan fingerprint density at radius 2 is 0.741 bits per heavy atom. The molecule has 6 aromatic carbocycles. The average molecular weight is 930 g/mol. The zero-order chi connectivity index (χ0) is 42.6. The quantitative estimate of drug-likeness (QED) is 0.120. The van der Waals surface area contributed by atoms with E-state index in [0.29, 0.717) is 26.7 Å². The average Bonchev–Trinajstić information content (AvgIpc) is 3.16. The van der Waals surface area contributed by atoms with E-state index in [4.69, 9.17) is 81.2 Å². The Morgan fingerprint density at radius 1 is 0.414 bits per heavy atom. The van der Waals surface area contributed by atoms with Gasteiger partial charge in [0.05, 0.1) is 53.1 Å². The minimum absolute atomic E-state index is 0.0255. The summed E-state index contributed by atoms with van der Waals surface area (Å²) in [6.45, 7) is 0. The summed E-state index contributed by atoms with van der Waals surface area (Å²) in [7, 11) is 0. The standard InChI is InChI=1S/C20H10Cl4FNO3.C20H10Cl3F2NO3/c2*21-13-4-2-1-3-10(13)9-5-16(24)18(17(25)6-9)26-19(27)11-7-14(22)15(23)8-12(11)20(28)29/h2*1-8H,(H,26,27)(H,28,29). The second-order valence-corrected chi connectivity index (χ2v) is 14.6. The number of carboxylic acids is 2. The van der Waals surface area contributed by atoms with E-state index in [2.05, 4.69) is 5.32 Å². The summed E-state index contributed by atoms with van der Waals surface area (Å²) in [5, 5.41) is 23.3. The van der Waals surface area contributed by atoms with Crippen LogP contribution >= 0.6 is 81.2 Å². The predicted molar refractivity (Wildman–Crippen MR) is 221 cm³/mol. The van der Waals surface area contributed by atoms with Crippen LogP contribution in [0.25, 0.3) is 22.3 Å². The van der Waals surface area contributed by atoms with E-state index in [1.165, 1.54) is 6.07 Å². The van der Waals surface area contributed by atoms with Crippen molar-refractivity contribution in [1.29, 1.82) is 0 Å². The monoisotopic (exact) mass is 926 g/mol. The molecule has 0 aliphatic carbocycles. The number of rotatable bonds is 8. The smallest absolute Gasteiger partial charge is 0.336 e. The lowest BCUT2D eigenvalue weighted by Gasteiger charge is -2.13. The largest absolute Gasteiger partial charge is 0.478 e. The highest BCUT2D eigenvalue weighted by atomic mass is 35.5. The maximum absolute atomic E-state index is 14.7. The normalized spacial score (nSPS) is 10.7. The van der Waals surface area contributed by atoms with E-state index in [1.807, 2.05) is 5.32 Å². The number of nitrogens with one attached hydrogen (secondary N) is 2. The second kappa shape index (κ2) is 18.7. The molecule has 0 unspecified atom stereocenters. The molecule has 0 spiro atoms. The lowest BCUT2D eigenvalue weighted by Crippen LogP contribution is -2.18. The fraction of sp³-hybridized carbons (Fsp3) is 0. The van der Waals surface area contributed by atoms with Gasteiger partial charge in [0.1, 0.15) is 23.1 Å². The maximum atomic E-state index is 14.7. The van der Waals surface area contributed by atoms with Crippen molar-refractivity contribution in [1.82, 2.24) is 0 Å². The molecule has 0 saturated carbocycles. The van der Waals surface area contributed by atoms with Crippen molar-refractivity contribution in [3.63, 3.8) is 0 Å². The molecule has 2 amide bonds. The number of hydrogen-bond donors (Lipinski definition) is 4. The van der Waals surface area contributed by atoms with Crippen molar-refractivity contribution in [2.75, 3.05) is 10.6 Å². The molecule has 6 rings (SSSR count). The zero-order valence-corrected chi connectivity index (χ0v) is 33.8. The van der Waals surface area contributed by atoms with Gasteiger partial charge in [-0.3, -0.25) is 9.59 Å². The molecule has 6 aromatic rings. The van der Waals surface area contributed by atoms with E-state index in [1.54, 1.807) is 48.5 Å². The number of halogens is 10. The Hall–Kier alpha value is -4.98. The summed E-state index contributed by atoms with van der Waals surface area (Å²) in [5.74, 6) is -7.78. The summed E-state index contributed by atoms with van der Waals surface area (Å²) >= 11 is 41.7. The number of carbonyl (C=O) groups excluding carboxylic acids is 2. The SMILES string of the molecule is O=C(O)c1cc(Cl)c(Cl)cc1C(=O)Nc1c(F)cc(-c2ccccc2Cl)cc1Cl.O=C(O)c1cc(Cl)c(Cl)cc1C(=O)Nc1c(F)cc(-c2ccccc2Cl)cc1F. The van der Waals surface area contributed by atoms with Crippen LogP contribution in [0.15, 0.2) is 97.1 Å². The molecule has 4 N–H and O–H groups in total. The van der Waals surface area contributed by atoms with Crippen LogP contribution in [0.5, 0.6) is 0 Å². The van der Waals surface area contributed by atoms with Gasteiger partial charge in [0, 0.05) is 21.2 Å². The number of benzene rings is 6. The molecule has 0 atom stereocenters. The van der Waals surface area contributed by atoms with Gasteiger partial charge in [-0.2, -0.15) is 0 Å². The second-order valence-electron chi connectivity index (χ2n) is 11.7. The van der Waals surface area contributed by atoms with Crippen LogP contribution in [0.1, 0.15) is 41.4 Å². The first kappa shape index (κ1) is 44.1. The fourth-order valence-corrected chi connectivity index (χ4v) is 6.67. The molecule has 0 aliphatic heterocycles. The van der Waals surface area contributed by atoms with Crippen molar-refractivity contribution in [3.8, 4) is 22.3 Å². The van der Waals surface area contributed by atoms with Gasteiger partial charge >= 0.3 is 11.9 Å². The van der Waals surface area contributed by atoms with Gasteiger partial charge in [0.2, 0.25) is 0 Å². The Labute approximate surface area is 361 Å². The fourth-order valence-electron chi connectivity index (χ4n) is 5.27. The molecule has 296 valence electrons. The molecule has 0 heterocycles. The summed E-state index contributed by atoms with van der Waals surface area (Å²) < 4.78 is 43.8. The van der Waals surface area contributed by atoms with Gasteiger partial charge in [-0.1, -0.05) is 118 Å². The molecule has 18 heteroatoms. The first-order valence-electron chi connectivity index (χ1n) is 15.9. The highest BCUT2D eigenvalue weighted by Gasteiger charge is 2.24. The molecule has 0 aromatic heterocycles. The summed E-state index contributed by atoms with van der Waals surface area (Å²) in [4.78, 5) is 47.9. The number of carbonyl (C=O) groups is 4. The van der Waals surface area contributed by atoms with E-state index < -0.39 is 58.0 Å². The zero-order valence-electron chi connectivity index (χ0n) is 28.5. The highest BCUT2D eigenvalue weighted by molar-refractivity contribution is 6.43. The van der Waals surface area contributed by atoms with Gasteiger partial charge in [0.25, 0.3) is 11.8 Å². The van der Waals surface area contributed by atoms with E-state index >= 15 is 0 Å². The molecular formula is C40H20Cl7F3N2O6. The minimum Gasteiger partial charge on any atom is -0.478 e. The van der Waals surface area contributed by atoms with Gasteiger partial charge in [-0.25, -0.2) is 22.8 Å². The number of hydrogen-bond acceptors (Lipinski definition) is 4. The minimum atomic E-state index is -1.45. The van der Waals surface area contributed by atoms with Gasteiger partial charge in [-0.05, 0) is 71.8 Å². The van der Waals surface area contributed by atoms with Crippen LogP contribution in [-0.4, -0.2) is 34.0 Å². The van der Waals surface area contributed by atoms with Crippen LogP contribution in [-0.2, 0) is 0 Å². The molecule has 0 aliphatic rings. The lowest BCUT2D eigenvalue weighted by atomic mass is 10.0. The first-order chi connectivity index (χ1) is 27.4. The van der Waals surface area contributed by atoms with Gasteiger partial charge in [-0.15, -0.1) is 0 Å². The molecule has 0 saturated heterocycles. The summed E-state index contributed by atoms with van der Waals surface area (Å²) in [6, 6.07) is 22.0. The van der Waals surface area contributed by atoms with Crippen LogP contribution < -0.4 is 10.6 Å². The summed E-state index contributed by atoms with van der Waals surface area (Å²) in [6.07, 6.45) is 0. The number of amides is 2. The first-order valence-corrected chi connectivity index (χ1v) is 18.6. The van der Waals surface area contributed by atoms with Gasteiger partial charge < -0.3 is 20.8 Å². The maximum Gasteiger partial charge on any atom is 0.336 e. The number of aromatic carboxylic acids is 2. The third-order valence-corrected chi connectivity index (χ3v) is 10.4. The van der Waals surface area contributed by atoms with Crippen LogP contribution in [0.4, 0.5) is 24.5 Å². The highest BCUT2D eigenvalue weighted by Crippen LogP contribution is 2.36. The van der Waals surface area contributed by atoms with Crippen molar-refractivity contribution in [2.24, 2.45) is 0 Å². The Kier molecular flexibility index (Phi) is 14.3. The van der Waals surface area contributed by atoms with Crippen LogP contribution in [0.3, 0.4) is 0 Å². The summed E-state index contributed by atoms with van der Waals surface area (Å²) in [5.41, 5.74) is -1.05. The van der Waals surface area contributed by atoms with Crippen molar-refractivity contribution < 1.29 is 42.6 Å². The van der Waals surface area contributed by atoms with Crippen molar-refractivity contribution in [2.45, 2.75) is 0 Å². The van der Waals surface area contributed by atoms with E-state index in [9.17, 15) is 42.6 Å². The molecule has 0 fully saturated rings.